The molecule has 0 saturated carbocycles. The van der Waals surface area contributed by atoms with Gasteiger partial charge in [0.1, 0.15) is 11.5 Å². The van der Waals surface area contributed by atoms with Gasteiger partial charge in [-0.2, -0.15) is 0 Å². The highest BCUT2D eigenvalue weighted by Crippen LogP contribution is 2.28. The number of amides is 1. The number of aliphatic imine (C=N–C) groups is 1. The first kappa shape index (κ1) is 19.9. The summed E-state index contributed by atoms with van der Waals surface area (Å²) in [5.41, 5.74) is 0.793. The van der Waals surface area contributed by atoms with Gasteiger partial charge in [0, 0.05) is 39.5 Å². The summed E-state index contributed by atoms with van der Waals surface area (Å²) in [6.07, 6.45) is 2.67. The third-order valence-electron chi connectivity index (χ3n) is 4.59. The van der Waals surface area contributed by atoms with Gasteiger partial charge in [-0.25, -0.2) is 13.8 Å². The molecule has 0 fully saturated rings. The Balaban J connectivity index is 0.00000300. The molecule has 0 radical (unpaired) electrons. The minimum Gasteiger partial charge on any atom is -0.321 e. The van der Waals surface area contributed by atoms with Crippen molar-refractivity contribution in [1.29, 1.82) is 0 Å². The molecular formula is C20H24F2N4O2. The maximum absolute atomic E-state index is 13.7. The van der Waals surface area contributed by atoms with E-state index in [0.29, 0.717) is 34.7 Å². The average Bonchev–Trinajstić information content (AvgIpc) is 2.80. The number of fused-ring (bicyclic) bond motifs is 2. The quantitative estimate of drug-likeness (QED) is 0.811. The first-order valence-corrected chi connectivity index (χ1v) is 9.24. The fourth-order valence-corrected chi connectivity index (χ4v) is 3.18. The predicted octanol–water partition coefficient (Wildman–Crippen LogP) is 3.59. The van der Waals surface area contributed by atoms with E-state index in [1.54, 1.807) is 37.3 Å². The zero-order valence-corrected chi connectivity index (χ0v) is 15.8. The molecule has 6 nitrogen and oxygen atoms in total. The Morgan fingerprint density at radius 3 is 2.93 bits per heavy atom. The summed E-state index contributed by atoms with van der Waals surface area (Å²) in [4.78, 5) is 33.7. The first-order valence-electron chi connectivity index (χ1n) is 9.24. The van der Waals surface area contributed by atoms with Crippen LogP contribution in [0.25, 0.3) is 10.9 Å². The van der Waals surface area contributed by atoms with Gasteiger partial charge in [-0.05, 0) is 38.1 Å². The molecule has 1 aliphatic heterocycles. The molecule has 0 bridgehead atoms. The summed E-state index contributed by atoms with van der Waals surface area (Å²) in [5.74, 6) is -2.82. The lowest BCUT2D eigenvalue weighted by Crippen LogP contribution is -2.25. The number of hydrogen-bond acceptors (Lipinski definition) is 4. The van der Waals surface area contributed by atoms with Crippen LogP contribution in [0.3, 0.4) is 0 Å². The van der Waals surface area contributed by atoms with Gasteiger partial charge in [0.15, 0.2) is 0 Å². The lowest BCUT2D eigenvalue weighted by Gasteiger charge is -2.12. The van der Waals surface area contributed by atoms with Crippen molar-refractivity contribution < 1.29 is 15.0 Å². The maximum atomic E-state index is 13.7. The van der Waals surface area contributed by atoms with Gasteiger partial charge < -0.3 is 5.32 Å². The summed E-state index contributed by atoms with van der Waals surface area (Å²) in [6, 6.07) is 4.74. The van der Waals surface area contributed by atoms with E-state index >= 15 is 0 Å². The molecule has 1 amide bonds. The van der Waals surface area contributed by atoms with Crippen LogP contribution in [0.5, 0.6) is 0 Å². The molecule has 0 saturated heterocycles. The van der Waals surface area contributed by atoms with Gasteiger partial charge in [-0.15, -0.1) is 0 Å². The maximum Gasteiger partial charge on any atom is 0.273 e. The molecule has 1 aliphatic rings. The Morgan fingerprint density at radius 1 is 1.43 bits per heavy atom. The number of nitrogens with one attached hydrogen (secondary N) is 1. The van der Waals surface area contributed by atoms with Gasteiger partial charge in [-0.3, -0.25) is 19.1 Å². The number of aryl methyl sites for hydroxylation is 1. The number of carbonyl (C=O) groups is 1. The Labute approximate surface area is 162 Å². The topological polar surface area (TPSA) is 76.3 Å². The smallest absolute Gasteiger partial charge is 0.273 e. The van der Waals surface area contributed by atoms with Gasteiger partial charge in [-0.1, -0.05) is 6.08 Å². The fourth-order valence-electron chi connectivity index (χ4n) is 3.18. The molecule has 0 unspecified atom stereocenters. The SMILES string of the molecule is C/C=C\C(=NCC)C(=O)Nc1ccc2c(=O)n3c(nc2c1)CCC(F)(F)CC3.[HH]. The van der Waals surface area contributed by atoms with Crippen molar-refractivity contribution in [3.63, 3.8) is 0 Å². The normalized spacial score (nSPS) is 16.8. The zero-order valence-electron chi connectivity index (χ0n) is 15.8. The largest absolute Gasteiger partial charge is 0.321 e. The Bertz CT molecular complexity index is 1030. The van der Waals surface area contributed by atoms with Crippen LogP contribution in [0.4, 0.5) is 14.5 Å². The molecule has 150 valence electrons. The molecular weight excluding hydrogens is 366 g/mol. The number of halogens is 2. The molecule has 28 heavy (non-hydrogen) atoms. The number of anilines is 1. The fraction of sp³-hybridized carbons (Fsp3) is 0.400. The highest BCUT2D eigenvalue weighted by molar-refractivity contribution is 6.47. The Morgan fingerprint density at radius 2 is 2.21 bits per heavy atom. The number of aromatic nitrogens is 2. The van der Waals surface area contributed by atoms with Crippen molar-refractivity contribution in [3.05, 3.63) is 46.5 Å². The summed E-state index contributed by atoms with van der Waals surface area (Å²) in [7, 11) is 0. The van der Waals surface area contributed by atoms with Crippen molar-refractivity contribution in [2.75, 3.05) is 11.9 Å². The summed E-state index contributed by atoms with van der Waals surface area (Å²) in [6.45, 7) is 4.04. The van der Waals surface area contributed by atoms with Crippen LogP contribution in [-0.4, -0.2) is 33.6 Å². The van der Waals surface area contributed by atoms with Gasteiger partial charge >= 0.3 is 0 Å². The minimum absolute atomic E-state index is 0. The number of allylic oxidation sites excluding steroid dienone is 1. The van der Waals surface area contributed by atoms with Crippen LogP contribution in [-0.2, 0) is 17.8 Å². The summed E-state index contributed by atoms with van der Waals surface area (Å²) in [5, 5.41) is 3.07. The van der Waals surface area contributed by atoms with Gasteiger partial charge in [0.25, 0.3) is 11.5 Å². The molecule has 8 heteroatoms. The standard InChI is InChI=1S/C20H22F2N4O2.H2/c1-3-5-15(23-4-2)18(27)24-13-6-7-14-16(12-13)25-17-8-9-20(21,22)10-11-26(17)19(14)28;/h3,5-7,12H,4,8-11H2,1-2H3,(H,24,27);1H/b5-3-,23-15?;. The second-order valence-electron chi connectivity index (χ2n) is 6.64. The van der Waals surface area contributed by atoms with Crippen molar-refractivity contribution >= 4 is 28.2 Å². The van der Waals surface area contributed by atoms with E-state index in [1.807, 2.05) is 6.92 Å². The van der Waals surface area contributed by atoms with E-state index in [0.717, 1.165) is 0 Å². The van der Waals surface area contributed by atoms with Gasteiger partial charge in [0.2, 0.25) is 5.92 Å². The molecule has 0 spiro atoms. The second kappa shape index (κ2) is 8.00. The van der Waals surface area contributed by atoms with Crippen LogP contribution < -0.4 is 10.9 Å². The van der Waals surface area contributed by atoms with Crippen molar-refractivity contribution in [2.24, 2.45) is 4.99 Å². The number of hydrogen-bond donors (Lipinski definition) is 1. The van der Waals surface area contributed by atoms with Crippen LogP contribution >= 0.6 is 0 Å². The monoisotopic (exact) mass is 390 g/mol. The minimum atomic E-state index is -2.80. The second-order valence-corrected chi connectivity index (χ2v) is 6.64. The molecule has 2 heterocycles. The molecule has 1 N–H and O–H groups in total. The lowest BCUT2D eigenvalue weighted by atomic mass is 10.1. The summed E-state index contributed by atoms with van der Waals surface area (Å²) < 4.78 is 28.8. The summed E-state index contributed by atoms with van der Waals surface area (Å²) >= 11 is 0. The van der Waals surface area contributed by atoms with E-state index in [1.165, 1.54) is 4.57 Å². The number of nitrogens with zero attached hydrogens (tertiary/aromatic N) is 3. The third kappa shape index (κ3) is 4.16. The molecule has 1 aromatic heterocycles. The average molecular weight is 390 g/mol. The van der Waals surface area contributed by atoms with E-state index in [4.69, 9.17) is 0 Å². The lowest BCUT2D eigenvalue weighted by molar-refractivity contribution is -0.110. The van der Waals surface area contributed by atoms with E-state index in [-0.39, 0.29) is 38.7 Å². The molecule has 2 aromatic rings. The van der Waals surface area contributed by atoms with Crippen molar-refractivity contribution in [2.45, 2.75) is 45.6 Å². The van der Waals surface area contributed by atoms with Crippen LogP contribution in [0, 0.1) is 0 Å². The Kier molecular flexibility index (Phi) is 5.67. The predicted molar refractivity (Wildman–Crippen MR) is 107 cm³/mol. The number of carbonyl (C=O) groups excluding carboxylic acids is 1. The zero-order chi connectivity index (χ0) is 20.3. The molecule has 3 rings (SSSR count). The van der Waals surface area contributed by atoms with E-state index in [2.05, 4.69) is 15.3 Å². The van der Waals surface area contributed by atoms with Crippen molar-refractivity contribution in [3.8, 4) is 0 Å². The van der Waals surface area contributed by atoms with Gasteiger partial charge in [0.05, 0.1) is 10.9 Å². The van der Waals surface area contributed by atoms with Crippen molar-refractivity contribution in [1.82, 2.24) is 9.55 Å². The van der Waals surface area contributed by atoms with Crippen LogP contribution in [0.2, 0.25) is 0 Å². The Hall–Kier alpha value is -2.90. The number of rotatable bonds is 4. The molecule has 1 aromatic carbocycles. The highest BCUT2D eigenvalue weighted by Gasteiger charge is 2.32. The van der Waals surface area contributed by atoms with E-state index in [9.17, 15) is 18.4 Å². The van der Waals surface area contributed by atoms with Crippen LogP contribution in [0.1, 0.15) is 33.9 Å². The molecule has 0 atom stereocenters. The van der Waals surface area contributed by atoms with E-state index < -0.39 is 5.92 Å². The number of benzene rings is 1. The molecule has 0 aliphatic carbocycles. The third-order valence-corrected chi connectivity index (χ3v) is 4.59. The first-order chi connectivity index (χ1) is 13.3. The van der Waals surface area contributed by atoms with Crippen LogP contribution in [0.15, 0.2) is 40.1 Å². The highest BCUT2D eigenvalue weighted by atomic mass is 19.3. The number of alkyl halides is 2.